The molecule has 1 saturated heterocycles. The minimum atomic E-state index is -0.108. The maximum absolute atomic E-state index is 13.9. The number of piperidine rings is 1. The minimum Gasteiger partial charge on any atom is -0.385 e. The second-order valence-corrected chi connectivity index (χ2v) is 9.29. The van der Waals surface area contributed by atoms with Gasteiger partial charge < -0.3 is 15.0 Å². The van der Waals surface area contributed by atoms with E-state index < -0.39 is 0 Å². The molecule has 3 rings (SSSR count). The van der Waals surface area contributed by atoms with Crippen LogP contribution >= 0.6 is 0 Å². The number of amides is 1. The van der Waals surface area contributed by atoms with Gasteiger partial charge in [0.2, 0.25) is 0 Å². The molecule has 2 heterocycles. The fourth-order valence-electron chi connectivity index (χ4n) is 4.40. The van der Waals surface area contributed by atoms with Crippen molar-refractivity contribution in [3.05, 3.63) is 41.7 Å². The minimum absolute atomic E-state index is 0.0502. The Kier molecular flexibility index (Phi) is 9.14. The highest BCUT2D eigenvalue weighted by Crippen LogP contribution is 2.23. The van der Waals surface area contributed by atoms with Gasteiger partial charge in [-0.3, -0.25) is 9.59 Å². The summed E-state index contributed by atoms with van der Waals surface area (Å²) in [5, 5.41) is 12.1. The molecular weight excluding hydrogens is 418 g/mol. The van der Waals surface area contributed by atoms with Gasteiger partial charge in [0.25, 0.3) is 5.91 Å². The third kappa shape index (κ3) is 6.48. The summed E-state index contributed by atoms with van der Waals surface area (Å²) in [4.78, 5) is 27.8. The summed E-state index contributed by atoms with van der Waals surface area (Å²) in [5.41, 5.74) is 2.11. The largest absolute Gasteiger partial charge is 0.385 e. The van der Waals surface area contributed by atoms with E-state index in [2.05, 4.69) is 29.5 Å². The monoisotopic (exact) mass is 455 g/mol. The molecule has 180 valence electrons. The fraction of sp³-hybridized carbons (Fsp3) is 0.600. The maximum atomic E-state index is 13.9. The number of nitrogens with zero attached hydrogens (tertiary/aromatic N) is 4. The molecule has 8 heteroatoms. The number of hydrogen-bond acceptors (Lipinski definition) is 6. The SMILES string of the molecule is COCCCCc1c(C(=O)N(CC(C)C)[C@@H]2CNCC(C(C)=O)C2)nnn1-c1ccccc1. The molecule has 1 unspecified atom stereocenters. The molecule has 1 aromatic heterocycles. The number of benzene rings is 1. The van der Waals surface area contributed by atoms with Crippen LogP contribution in [-0.2, 0) is 16.0 Å². The lowest BCUT2D eigenvalue weighted by molar-refractivity contribution is -0.121. The molecule has 0 bridgehead atoms. The van der Waals surface area contributed by atoms with Gasteiger partial charge in [-0.05, 0) is 50.7 Å². The zero-order valence-electron chi connectivity index (χ0n) is 20.3. The number of para-hydroxylation sites is 1. The molecule has 0 aliphatic carbocycles. The van der Waals surface area contributed by atoms with Crippen LogP contribution in [0.25, 0.3) is 5.69 Å². The van der Waals surface area contributed by atoms with Gasteiger partial charge in [0, 0.05) is 45.3 Å². The van der Waals surface area contributed by atoms with Crippen molar-refractivity contribution in [1.82, 2.24) is 25.2 Å². The van der Waals surface area contributed by atoms with Crippen LogP contribution < -0.4 is 5.32 Å². The third-order valence-electron chi connectivity index (χ3n) is 6.14. The highest BCUT2D eigenvalue weighted by atomic mass is 16.5. The molecule has 1 N–H and O–H groups in total. The highest BCUT2D eigenvalue weighted by Gasteiger charge is 2.34. The molecule has 8 nitrogen and oxygen atoms in total. The number of carbonyl (C=O) groups is 2. The van der Waals surface area contributed by atoms with Crippen molar-refractivity contribution in [1.29, 1.82) is 0 Å². The Balaban J connectivity index is 1.92. The molecule has 0 radical (unpaired) electrons. The molecule has 1 fully saturated rings. The standard InChI is InChI=1S/C25H37N5O3/c1-18(2)17-29(22-14-20(19(3)31)15-26-16-22)25(32)24-23(12-8-9-13-33-4)30(28-27-24)21-10-6-5-7-11-21/h5-7,10-11,18,20,22,26H,8-9,12-17H2,1-4H3/t20?,22-/m0/s1. The smallest absolute Gasteiger partial charge is 0.276 e. The van der Waals surface area contributed by atoms with Gasteiger partial charge in [-0.1, -0.05) is 37.3 Å². The van der Waals surface area contributed by atoms with Crippen molar-refractivity contribution < 1.29 is 14.3 Å². The van der Waals surface area contributed by atoms with Crippen LogP contribution in [0.15, 0.2) is 30.3 Å². The molecule has 0 saturated carbocycles. The number of hydrogen-bond donors (Lipinski definition) is 1. The predicted octanol–water partition coefficient (Wildman–Crippen LogP) is 2.90. The summed E-state index contributed by atoms with van der Waals surface area (Å²) >= 11 is 0. The quantitative estimate of drug-likeness (QED) is 0.524. The van der Waals surface area contributed by atoms with Crippen LogP contribution in [0.3, 0.4) is 0 Å². The average molecular weight is 456 g/mol. The van der Waals surface area contributed by atoms with Crippen LogP contribution in [0, 0.1) is 11.8 Å². The Morgan fingerprint density at radius 3 is 2.64 bits per heavy atom. The van der Waals surface area contributed by atoms with Crippen LogP contribution in [0.1, 0.15) is 56.2 Å². The lowest BCUT2D eigenvalue weighted by Gasteiger charge is -2.38. The summed E-state index contributed by atoms with van der Waals surface area (Å²) < 4.78 is 6.98. The Labute approximate surface area is 196 Å². The van der Waals surface area contributed by atoms with E-state index in [1.165, 1.54) is 0 Å². The van der Waals surface area contributed by atoms with Crippen LogP contribution in [0.5, 0.6) is 0 Å². The summed E-state index contributed by atoms with van der Waals surface area (Å²) in [5.74, 6) is 0.280. The summed E-state index contributed by atoms with van der Waals surface area (Å²) in [6, 6.07) is 9.75. The van der Waals surface area contributed by atoms with E-state index in [0.717, 1.165) is 24.2 Å². The van der Waals surface area contributed by atoms with Gasteiger partial charge in [-0.2, -0.15) is 0 Å². The van der Waals surface area contributed by atoms with Crippen molar-refractivity contribution in [2.24, 2.45) is 11.8 Å². The molecule has 2 aromatic rings. The number of unbranched alkanes of at least 4 members (excludes halogenated alkanes) is 1. The lowest BCUT2D eigenvalue weighted by Crippen LogP contribution is -2.53. The number of nitrogens with one attached hydrogen (secondary N) is 1. The third-order valence-corrected chi connectivity index (χ3v) is 6.14. The number of carbonyl (C=O) groups excluding carboxylic acids is 2. The van der Waals surface area contributed by atoms with E-state index in [1.807, 2.05) is 35.2 Å². The van der Waals surface area contributed by atoms with Crippen molar-refractivity contribution in [3.8, 4) is 5.69 Å². The summed E-state index contributed by atoms with van der Waals surface area (Å²) in [6.45, 7) is 8.47. The van der Waals surface area contributed by atoms with Crippen molar-refractivity contribution in [3.63, 3.8) is 0 Å². The first-order valence-electron chi connectivity index (χ1n) is 11.9. The number of methoxy groups -OCH3 is 1. The van der Waals surface area contributed by atoms with E-state index in [4.69, 9.17) is 4.74 Å². The van der Waals surface area contributed by atoms with Gasteiger partial charge in [0.05, 0.1) is 11.4 Å². The molecule has 1 aromatic carbocycles. The Morgan fingerprint density at radius 2 is 1.97 bits per heavy atom. The van der Waals surface area contributed by atoms with Gasteiger partial charge in [0.1, 0.15) is 5.78 Å². The zero-order valence-corrected chi connectivity index (χ0v) is 20.3. The van der Waals surface area contributed by atoms with E-state index in [-0.39, 0.29) is 23.7 Å². The summed E-state index contributed by atoms with van der Waals surface area (Å²) in [6.07, 6.45) is 3.13. The van der Waals surface area contributed by atoms with Crippen LogP contribution in [0.4, 0.5) is 0 Å². The highest BCUT2D eigenvalue weighted by molar-refractivity contribution is 5.93. The molecule has 0 spiro atoms. The van der Waals surface area contributed by atoms with Crippen LogP contribution in [0.2, 0.25) is 0 Å². The predicted molar refractivity (Wildman–Crippen MR) is 127 cm³/mol. The normalized spacial score (nSPS) is 18.5. The maximum Gasteiger partial charge on any atom is 0.276 e. The molecule has 1 amide bonds. The first-order valence-corrected chi connectivity index (χ1v) is 11.9. The number of aromatic nitrogens is 3. The van der Waals surface area contributed by atoms with Crippen LogP contribution in [-0.4, -0.2) is 71.0 Å². The van der Waals surface area contributed by atoms with E-state index in [0.29, 0.717) is 50.7 Å². The Morgan fingerprint density at radius 1 is 1.21 bits per heavy atom. The first kappa shape index (κ1) is 25.1. The Bertz CT molecular complexity index is 912. The fourth-order valence-corrected chi connectivity index (χ4v) is 4.40. The molecule has 2 atom stereocenters. The average Bonchev–Trinajstić information content (AvgIpc) is 3.24. The zero-order chi connectivity index (χ0) is 23.8. The second kappa shape index (κ2) is 12.0. The molecule has 1 aliphatic heterocycles. The van der Waals surface area contributed by atoms with Gasteiger partial charge in [-0.25, -0.2) is 4.68 Å². The van der Waals surface area contributed by atoms with E-state index in [9.17, 15) is 9.59 Å². The molecular formula is C25H37N5O3. The topological polar surface area (TPSA) is 89.3 Å². The molecule has 33 heavy (non-hydrogen) atoms. The van der Waals surface area contributed by atoms with E-state index in [1.54, 1.807) is 18.7 Å². The lowest BCUT2D eigenvalue weighted by atomic mass is 9.91. The van der Waals surface area contributed by atoms with Crippen molar-refractivity contribution >= 4 is 11.7 Å². The van der Waals surface area contributed by atoms with Crippen molar-refractivity contribution in [2.45, 2.75) is 52.5 Å². The second-order valence-electron chi connectivity index (χ2n) is 9.29. The Hall–Kier alpha value is -2.58. The van der Waals surface area contributed by atoms with Gasteiger partial charge >= 0.3 is 0 Å². The number of ketones is 1. The number of rotatable bonds is 11. The summed E-state index contributed by atoms with van der Waals surface area (Å²) in [7, 11) is 1.70. The number of Topliss-reactive ketones (excluding diaryl/α,β-unsaturated/α-hetero) is 1. The number of ether oxygens (including phenoxy) is 1. The van der Waals surface area contributed by atoms with E-state index >= 15 is 0 Å². The van der Waals surface area contributed by atoms with Gasteiger partial charge in [-0.15, -0.1) is 5.10 Å². The van der Waals surface area contributed by atoms with Gasteiger partial charge in [0.15, 0.2) is 5.69 Å². The van der Waals surface area contributed by atoms with Crippen molar-refractivity contribution in [2.75, 3.05) is 33.4 Å². The molecule has 1 aliphatic rings. The first-order chi connectivity index (χ1) is 15.9.